The lowest BCUT2D eigenvalue weighted by Crippen LogP contribution is -2.08. The minimum Gasteiger partial charge on any atom is -0.507 e. The minimum atomic E-state index is -3.27. The summed E-state index contributed by atoms with van der Waals surface area (Å²) in [4.78, 5) is 12.3. The summed E-state index contributed by atoms with van der Waals surface area (Å²) < 4.78 is 28.1. The molecule has 0 aliphatic heterocycles. The molecule has 0 aliphatic rings. The lowest BCUT2D eigenvalue weighted by molar-refractivity contribution is 0.458. The Morgan fingerprint density at radius 1 is 1.04 bits per heavy atom. The normalized spacial score (nSPS) is 11.7. The van der Waals surface area contributed by atoms with Crippen LogP contribution in [0, 0.1) is 0 Å². The number of fused-ring (bicyclic) bond motifs is 1. The van der Waals surface area contributed by atoms with Gasteiger partial charge in [0, 0.05) is 12.7 Å². The fraction of sp³-hybridized carbons (Fsp3) is 0.118. The lowest BCUT2D eigenvalue weighted by Gasteiger charge is -2.07. The van der Waals surface area contributed by atoms with Gasteiger partial charge in [0.15, 0.2) is 9.84 Å². The fourth-order valence-corrected chi connectivity index (χ4v) is 3.02. The second-order valence-electron chi connectivity index (χ2n) is 5.31. The van der Waals surface area contributed by atoms with Gasteiger partial charge in [-0.25, -0.2) is 13.2 Å². The van der Waals surface area contributed by atoms with Crippen LogP contribution in [0.15, 0.2) is 62.6 Å². The first-order valence-electron chi connectivity index (χ1n) is 6.89. The fourth-order valence-electron chi connectivity index (χ4n) is 2.39. The molecule has 1 heterocycles. The van der Waals surface area contributed by atoms with Gasteiger partial charge in [0.25, 0.3) is 0 Å². The molecule has 0 spiro atoms. The highest BCUT2D eigenvalue weighted by molar-refractivity contribution is 7.90. The van der Waals surface area contributed by atoms with Crippen LogP contribution in [-0.4, -0.2) is 19.8 Å². The Morgan fingerprint density at radius 3 is 2.35 bits per heavy atom. The highest BCUT2D eigenvalue weighted by atomic mass is 32.2. The number of rotatable bonds is 3. The average Bonchev–Trinajstić information content (AvgIpc) is 2.51. The van der Waals surface area contributed by atoms with Crippen molar-refractivity contribution in [2.45, 2.75) is 11.3 Å². The van der Waals surface area contributed by atoms with Crippen molar-refractivity contribution in [3.63, 3.8) is 0 Å². The number of para-hydroxylation sites is 1. The highest BCUT2D eigenvalue weighted by Crippen LogP contribution is 2.27. The van der Waals surface area contributed by atoms with Gasteiger partial charge < -0.3 is 9.52 Å². The van der Waals surface area contributed by atoms with E-state index in [9.17, 15) is 18.3 Å². The Morgan fingerprint density at radius 2 is 1.70 bits per heavy atom. The summed E-state index contributed by atoms with van der Waals surface area (Å²) in [6.45, 7) is 0. The van der Waals surface area contributed by atoms with Crippen molar-refractivity contribution >= 4 is 20.8 Å². The zero-order chi connectivity index (χ0) is 16.6. The molecule has 0 saturated carbocycles. The molecule has 0 aliphatic carbocycles. The summed E-state index contributed by atoms with van der Waals surface area (Å²) in [5, 5.41) is 10.8. The predicted octanol–water partition coefficient (Wildman–Crippen LogP) is 2.49. The van der Waals surface area contributed by atoms with Gasteiger partial charge >= 0.3 is 5.63 Å². The molecule has 0 unspecified atom stereocenters. The van der Waals surface area contributed by atoms with Gasteiger partial charge in [0.05, 0.1) is 15.8 Å². The number of hydrogen-bond acceptors (Lipinski definition) is 5. The quantitative estimate of drug-likeness (QED) is 0.746. The molecule has 5 nitrogen and oxygen atoms in total. The molecule has 3 rings (SSSR count). The van der Waals surface area contributed by atoms with Crippen molar-refractivity contribution in [2.24, 2.45) is 0 Å². The molecule has 0 radical (unpaired) electrons. The summed E-state index contributed by atoms with van der Waals surface area (Å²) in [5.41, 5.74) is 0.575. The van der Waals surface area contributed by atoms with E-state index < -0.39 is 15.5 Å². The SMILES string of the molecule is CS(=O)(=O)c1ccc(Cc2c(O)c3ccccc3oc2=O)cc1. The van der Waals surface area contributed by atoms with Gasteiger partial charge in [-0.2, -0.15) is 0 Å². The van der Waals surface area contributed by atoms with Crippen molar-refractivity contribution in [3.8, 4) is 5.75 Å². The summed E-state index contributed by atoms with van der Waals surface area (Å²) in [7, 11) is -3.27. The van der Waals surface area contributed by atoms with E-state index in [1.807, 2.05) is 0 Å². The molecule has 0 atom stereocenters. The third-order valence-electron chi connectivity index (χ3n) is 3.61. The predicted molar refractivity (Wildman–Crippen MR) is 86.5 cm³/mol. The largest absolute Gasteiger partial charge is 0.507 e. The average molecular weight is 330 g/mol. The molecule has 1 aromatic heterocycles. The van der Waals surface area contributed by atoms with Crippen LogP contribution in [0.2, 0.25) is 0 Å². The van der Waals surface area contributed by atoms with Crippen LogP contribution in [0.1, 0.15) is 11.1 Å². The number of benzene rings is 2. The number of hydrogen-bond donors (Lipinski definition) is 1. The van der Waals surface area contributed by atoms with Gasteiger partial charge in [-0.15, -0.1) is 0 Å². The third kappa shape index (κ3) is 2.98. The number of sulfone groups is 1. The second-order valence-corrected chi connectivity index (χ2v) is 7.32. The standard InChI is InChI=1S/C17H14O5S/c1-23(20,21)12-8-6-11(7-9-12)10-14-16(18)13-4-2-3-5-15(13)22-17(14)19/h2-9,18H,10H2,1H3. The van der Waals surface area contributed by atoms with Gasteiger partial charge in [-0.05, 0) is 29.8 Å². The van der Waals surface area contributed by atoms with Gasteiger partial charge in [-0.1, -0.05) is 24.3 Å². The molecule has 0 amide bonds. The summed E-state index contributed by atoms with van der Waals surface area (Å²) in [5.74, 6) is -0.107. The first-order valence-corrected chi connectivity index (χ1v) is 8.78. The maximum absolute atomic E-state index is 12.1. The van der Waals surface area contributed by atoms with Crippen molar-refractivity contribution in [1.29, 1.82) is 0 Å². The molecule has 3 aromatic rings. The van der Waals surface area contributed by atoms with E-state index in [1.165, 1.54) is 12.1 Å². The smallest absolute Gasteiger partial charge is 0.343 e. The summed E-state index contributed by atoms with van der Waals surface area (Å²) in [6, 6.07) is 12.9. The van der Waals surface area contributed by atoms with E-state index in [1.54, 1.807) is 36.4 Å². The highest BCUT2D eigenvalue weighted by Gasteiger charge is 2.14. The molecule has 0 saturated heterocycles. The Balaban J connectivity index is 2.03. The maximum Gasteiger partial charge on any atom is 0.343 e. The van der Waals surface area contributed by atoms with Crippen molar-refractivity contribution in [1.82, 2.24) is 0 Å². The van der Waals surface area contributed by atoms with E-state index in [0.29, 0.717) is 16.5 Å². The van der Waals surface area contributed by atoms with Crippen LogP contribution in [0.5, 0.6) is 5.75 Å². The van der Waals surface area contributed by atoms with E-state index in [0.717, 1.165) is 6.26 Å². The minimum absolute atomic E-state index is 0.107. The molecule has 6 heteroatoms. The molecular formula is C17H14O5S. The topological polar surface area (TPSA) is 84.6 Å². The maximum atomic E-state index is 12.1. The van der Waals surface area contributed by atoms with Crippen LogP contribution in [0.3, 0.4) is 0 Å². The molecule has 2 aromatic carbocycles. The molecule has 118 valence electrons. The van der Waals surface area contributed by atoms with Gasteiger partial charge in [-0.3, -0.25) is 0 Å². The van der Waals surface area contributed by atoms with Gasteiger partial charge in [0.1, 0.15) is 11.3 Å². The molecule has 0 fully saturated rings. The zero-order valence-corrected chi connectivity index (χ0v) is 13.1. The van der Waals surface area contributed by atoms with Crippen LogP contribution >= 0.6 is 0 Å². The van der Waals surface area contributed by atoms with Crippen LogP contribution in [-0.2, 0) is 16.3 Å². The van der Waals surface area contributed by atoms with Crippen molar-refractivity contribution in [3.05, 3.63) is 70.1 Å². The first kappa shape index (κ1) is 15.3. The Labute approximate surface area is 132 Å². The monoisotopic (exact) mass is 330 g/mol. The third-order valence-corrected chi connectivity index (χ3v) is 4.74. The molecular weight excluding hydrogens is 316 g/mol. The van der Waals surface area contributed by atoms with Crippen LogP contribution in [0.25, 0.3) is 11.0 Å². The summed E-state index contributed by atoms with van der Waals surface area (Å²) >= 11 is 0. The molecule has 1 N–H and O–H groups in total. The van der Waals surface area contributed by atoms with E-state index in [-0.39, 0.29) is 22.6 Å². The van der Waals surface area contributed by atoms with Crippen LogP contribution < -0.4 is 5.63 Å². The van der Waals surface area contributed by atoms with Crippen LogP contribution in [0.4, 0.5) is 0 Å². The molecule has 0 bridgehead atoms. The second kappa shape index (κ2) is 5.55. The van der Waals surface area contributed by atoms with E-state index in [4.69, 9.17) is 4.42 Å². The van der Waals surface area contributed by atoms with Gasteiger partial charge in [0.2, 0.25) is 0 Å². The Bertz CT molecular complexity index is 1030. The zero-order valence-electron chi connectivity index (χ0n) is 12.3. The summed E-state index contributed by atoms with van der Waals surface area (Å²) in [6.07, 6.45) is 1.29. The van der Waals surface area contributed by atoms with Crippen molar-refractivity contribution < 1.29 is 17.9 Å². The number of aromatic hydroxyl groups is 1. The lowest BCUT2D eigenvalue weighted by atomic mass is 10.0. The Kier molecular flexibility index (Phi) is 3.69. The molecule has 23 heavy (non-hydrogen) atoms. The van der Waals surface area contributed by atoms with E-state index in [2.05, 4.69) is 0 Å². The van der Waals surface area contributed by atoms with E-state index >= 15 is 0 Å². The first-order chi connectivity index (χ1) is 10.9. The Hall–Kier alpha value is -2.60. The van der Waals surface area contributed by atoms with Crippen molar-refractivity contribution in [2.75, 3.05) is 6.26 Å².